The Hall–Kier alpha value is -3.45. The minimum atomic E-state index is -0.185. The van der Waals surface area contributed by atoms with Gasteiger partial charge in [-0.2, -0.15) is 0 Å². The first-order valence-electron chi connectivity index (χ1n) is 11.6. The molecule has 1 amide bonds. The number of hydrogen-bond donors (Lipinski definition) is 1. The zero-order valence-electron chi connectivity index (χ0n) is 19.7. The summed E-state index contributed by atoms with van der Waals surface area (Å²) in [5, 5.41) is 5.01. The first kappa shape index (κ1) is 22.3. The molecule has 0 spiro atoms. The van der Waals surface area contributed by atoms with Crippen molar-refractivity contribution in [3.8, 4) is 5.69 Å². The molecule has 34 heavy (non-hydrogen) atoms. The summed E-state index contributed by atoms with van der Waals surface area (Å²) < 4.78 is 2.35. The van der Waals surface area contributed by atoms with Gasteiger partial charge < -0.3 is 10.2 Å². The highest BCUT2D eigenvalue weighted by Crippen LogP contribution is 2.27. The monoisotopic (exact) mass is 472 g/mol. The second-order valence-electron chi connectivity index (χ2n) is 9.18. The molecule has 1 atom stereocenters. The number of carbonyl (C=O) groups is 1. The van der Waals surface area contributed by atoms with Crippen molar-refractivity contribution in [1.82, 2.24) is 9.55 Å². The summed E-state index contributed by atoms with van der Waals surface area (Å²) in [5.41, 5.74) is 5.58. The lowest BCUT2D eigenvalue weighted by Gasteiger charge is -2.34. The van der Waals surface area contributed by atoms with Crippen molar-refractivity contribution in [2.24, 2.45) is 5.92 Å². The number of aromatic nitrogens is 2. The number of rotatable bonds is 4. The summed E-state index contributed by atoms with van der Waals surface area (Å²) in [6, 6.07) is 15.9. The molecule has 2 aromatic carbocycles. The molecule has 6 nitrogen and oxygen atoms in total. The molecule has 174 valence electrons. The Labute approximate surface area is 202 Å². The van der Waals surface area contributed by atoms with Gasteiger partial charge >= 0.3 is 0 Å². The SMILES string of the molecule is Cc1cc(C)cc(NC(=O)[C@@H]2CCCN(c3nc4ccsc4c(=O)n3-c3cccc(C)c3)C2)c1. The van der Waals surface area contributed by atoms with Crippen LogP contribution in [0.1, 0.15) is 29.5 Å². The van der Waals surface area contributed by atoms with Gasteiger partial charge in [0.15, 0.2) is 0 Å². The van der Waals surface area contributed by atoms with Crippen LogP contribution in [0.2, 0.25) is 0 Å². The number of piperidine rings is 1. The quantitative estimate of drug-likeness (QED) is 0.442. The number of fused-ring (bicyclic) bond motifs is 1. The largest absolute Gasteiger partial charge is 0.341 e. The topological polar surface area (TPSA) is 67.2 Å². The summed E-state index contributed by atoms with van der Waals surface area (Å²) in [7, 11) is 0. The van der Waals surface area contributed by atoms with E-state index in [9.17, 15) is 9.59 Å². The van der Waals surface area contributed by atoms with E-state index in [4.69, 9.17) is 4.98 Å². The van der Waals surface area contributed by atoms with Crippen molar-refractivity contribution in [3.05, 3.63) is 81.0 Å². The number of anilines is 2. The number of aryl methyl sites for hydroxylation is 3. The Morgan fingerprint density at radius 2 is 1.85 bits per heavy atom. The van der Waals surface area contributed by atoms with Gasteiger partial charge in [-0.3, -0.25) is 9.59 Å². The summed E-state index contributed by atoms with van der Waals surface area (Å²) in [4.78, 5) is 33.7. The van der Waals surface area contributed by atoms with Crippen LogP contribution in [0.5, 0.6) is 0 Å². The highest BCUT2D eigenvalue weighted by Gasteiger charge is 2.29. The Balaban J connectivity index is 1.49. The van der Waals surface area contributed by atoms with Gasteiger partial charge in [-0.25, -0.2) is 9.55 Å². The van der Waals surface area contributed by atoms with Gasteiger partial charge in [-0.05, 0) is 86.0 Å². The molecule has 1 aliphatic rings. The number of nitrogens with zero attached hydrogens (tertiary/aromatic N) is 3. The van der Waals surface area contributed by atoms with E-state index >= 15 is 0 Å². The molecule has 0 saturated carbocycles. The maximum Gasteiger partial charge on any atom is 0.277 e. The van der Waals surface area contributed by atoms with Crippen LogP contribution in [0, 0.1) is 26.7 Å². The maximum atomic E-state index is 13.5. The molecule has 1 fully saturated rings. The highest BCUT2D eigenvalue weighted by atomic mass is 32.1. The van der Waals surface area contributed by atoms with Gasteiger partial charge in [0, 0.05) is 18.8 Å². The highest BCUT2D eigenvalue weighted by molar-refractivity contribution is 7.17. The van der Waals surface area contributed by atoms with Gasteiger partial charge in [-0.1, -0.05) is 18.2 Å². The Morgan fingerprint density at radius 3 is 2.62 bits per heavy atom. The summed E-state index contributed by atoms with van der Waals surface area (Å²) in [6.45, 7) is 7.34. The normalized spacial score (nSPS) is 16.1. The first-order chi connectivity index (χ1) is 16.4. The average Bonchev–Trinajstić information content (AvgIpc) is 3.27. The van der Waals surface area contributed by atoms with E-state index < -0.39 is 0 Å². The van der Waals surface area contributed by atoms with Crippen LogP contribution in [-0.4, -0.2) is 28.5 Å². The van der Waals surface area contributed by atoms with E-state index in [-0.39, 0.29) is 17.4 Å². The molecule has 0 bridgehead atoms. The minimum Gasteiger partial charge on any atom is -0.341 e. The first-order valence-corrected chi connectivity index (χ1v) is 12.5. The fraction of sp³-hybridized carbons (Fsp3) is 0.296. The van der Waals surface area contributed by atoms with E-state index in [1.54, 1.807) is 4.57 Å². The molecule has 2 aromatic heterocycles. The Kier molecular flexibility index (Phi) is 5.96. The summed E-state index contributed by atoms with van der Waals surface area (Å²) in [6.07, 6.45) is 1.67. The zero-order valence-corrected chi connectivity index (χ0v) is 20.5. The smallest absolute Gasteiger partial charge is 0.277 e. The molecule has 0 radical (unpaired) electrons. The second-order valence-corrected chi connectivity index (χ2v) is 10.1. The van der Waals surface area contributed by atoms with Crippen molar-refractivity contribution in [2.45, 2.75) is 33.6 Å². The number of thiophene rings is 1. The molecular weight excluding hydrogens is 444 g/mol. The van der Waals surface area contributed by atoms with Crippen molar-refractivity contribution in [1.29, 1.82) is 0 Å². The molecule has 0 unspecified atom stereocenters. The van der Waals surface area contributed by atoms with Gasteiger partial charge in [-0.15, -0.1) is 11.3 Å². The number of benzene rings is 2. The van der Waals surface area contributed by atoms with E-state index in [0.29, 0.717) is 22.7 Å². The number of amides is 1. The molecule has 3 heterocycles. The fourth-order valence-electron chi connectivity index (χ4n) is 4.78. The minimum absolute atomic E-state index is 0.00997. The molecule has 1 N–H and O–H groups in total. The van der Waals surface area contributed by atoms with Gasteiger partial charge in [0.2, 0.25) is 11.9 Å². The van der Waals surface area contributed by atoms with E-state index in [1.165, 1.54) is 11.3 Å². The van der Waals surface area contributed by atoms with Gasteiger partial charge in [0.1, 0.15) is 4.70 Å². The van der Waals surface area contributed by atoms with Crippen molar-refractivity contribution in [2.75, 3.05) is 23.3 Å². The lowest BCUT2D eigenvalue weighted by molar-refractivity contribution is -0.120. The lowest BCUT2D eigenvalue weighted by Crippen LogP contribution is -2.43. The summed E-state index contributed by atoms with van der Waals surface area (Å²) in [5.74, 6) is 0.428. The number of nitrogens with one attached hydrogen (secondary N) is 1. The van der Waals surface area contributed by atoms with Crippen LogP contribution >= 0.6 is 11.3 Å². The maximum absolute atomic E-state index is 13.5. The second kappa shape index (κ2) is 9.06. The van der Waals surface area contributed by atoms with Crippen LogP contribution < -0.4 is 15.8 Å². The summed E-state index contributed by atoms with van der Waals surface area (Å²) >= 11 is 1.41. The molecule has 7 heteroatoms. The van der Waals surface area contributed by atoms with Crippen molar-refractivity contribution < 1.29 is 4.79 Å². The van der Waals surface area contributed by atoms with E-state index in [2.05, 4.69) is 16.3 Å². The molecule has 1 saturated heterocycles. The Morgan fingerprint density at radius 1 is 1.06 bits per heavy atom. The van der Waals surface area contributed by atoms with Gasteiger partial charge in [0.05, 0.1) is 17.1 Å². The van der Waals surface area contributed by atoms with Gasteiger partial charge in [0.25, 0.3) is 5.56 Å². The predicted octanol–water partition coefficient (Wildman–Crippen LogP) is 5.23. The third-order valence-electron chi connectivity index (χ3n) is 6.29. The fourth-order valence-corrected chi connectivity index (χ4v) is 5.54. The number of hydrogen-bond acceptors (Lipinski definition) is 5. The lowest BCUT2D eigenvalue weighted by atomic mass is 9.97. The van der Waals surface area contributed by atoms with Crippen molar-refractivity contribution >= 4 is 39.1 Å². The number of carbonyl (C=O) groups excluding carboxylic acids is 1. The van der Waals surface area contributed by atoms with Crippen molar-refractivity contribution in [3.63, 3.8) is 0 Å². The van der Waals surface area contributed by atoms with E-state index in [1.807, 2.05) is 68.6 Å². The molecular formula is C27H28N4O2S. The molecule has 1 aliphatic heterocycles. The van der Waals surface area contributed by atoms with Crippen LogP contribution in [-0.2, 0) is 4.79 Å². The zero-order chi connectivity index (χ0) is 23.8. The average molecular weight is 473 g/mol. The van der Waals surface area contributed by atoms with Crippen LogP contribution in [0.15, 0.2) is 58.7 Å². The standard InChI is InChI=1S/C27H28N4O2S/c1-17-6-4-8-22(15-17)31-26(33)24-23(9-11-34-24)29-27(31)30-10-5-7-20(16-30)25(32)28-21-13-18(2)12-19(3)14-21/h4,6,8-9,11-15,20H,5,7,10,16H2,1-3H3,(H,28,32)/t20-/m1/s1. The van der Waals surface area contributed by atoms with Crippen LogP contribution in [0.25, 0.3) is 15.9 Å². The Bertz CT molecular complexity index is 1420. The van der Waals surface area contributed by atoms with Crippen LogP contribution in [0.3, 0.4) is 0 Å². The molecule has 4 aromatic rings. The van der Waals surface area contributed by atoms with E-state index in [0.717, 1.165) is 47.5 Å². The third-order valence-corrected chi connectivity index (χ3v) is 7.18. The molecule has 5 rings (SSSR count). The predicted molar refractivity (Wildman–Crippen MR) is 139 cm³/mol. The third kappa shape index (κ3) is 4.35. The van der Waals surface area contributed by atoms with Crippen LogP contribution in [0.4, 0.5) is 11.6 Å². The molecule has 0 aliphatic carbocycles.